The van der Waals surface area contributed by atoms with E-state index in [1.807, 2.05) is 0 Å². The van der Waals surface area contributed by atoms with E-state index in [0.717, 1.165) is 5.92 Å². The first-order valence-corrected chi connectivity index (χ1v) is 7.65. The van der Waals surface area contributed by atoms with Crippen molar-refractivity contribution in [3.05, 3.63) is 34.4 Å². The molecule has 0 saturated heterocycles. The molecule has 1 aliphatic carbocycles. The third-order valence-corrected chi connectivity index (χ3v) is 4.58. The van der Waals surface area contributed by atoms with E-state index in [1.165, 1.54) is 60.8 Å². The highest BCUT2D eigenvalue weighted by Crippen LogP contribution is 2.34. The Labute approximate surface area is 117 Å². The van der Waals surface area contributed by atoms with Crippen LogP contribution < -0.4 is 11.3 Å². The number of hydrogen-bond acceptors (Lipinski definition) is 2. The van der Waals surface area contributed by atoms with Crippen LogP contribution in [0.25, 0.3) is 0 Å². The highest BCUT2D eigenvalue weighted by Gasteiger charge is 2.21. The first kappa shape index (κ1) is 14.5. The molecule has 0 spiro atoms. The predicted octanol–water partition coefficient (Wildman–Crippen LogP) is 4.09. The van der Waals surface area contributed by atoms with Crippen molar-refractivity contribution in [2.24, 2.45) is 11.8 Å². The summed E-state index contributed by atoms with van der Waals surface area (Å²) < 4.78 is 0. The van der Waals surface area contributed by atoms with Gasteiger partial charge in [0.1, 0.15) is 0 Å². The molecule has 1 fully saturated rings. The molecule has 0 aromatic heterocycles. The van der Waals surface area contributed by atoms with Crippen molar-refractivity contribution in [1.29, 1.82) is 0 Å². The molecule has 2 rings (SSSR count). The zero-order chi connectivity index (χ0) is 13.8. The van der Waals surface area contributed by atoms with Crippen molar-refractivity contribution in [1.82, 2.24) is 5.43 Å². The van der Waals surface area contributed by atoms with Crippen molar-refractivity contribution < 1.29 is 0 Å². The Morgan fingerprint density at radius 1 is 1.11 bits per heavy atom. The Kier molecular flexibility index (Phi) is 5.00. The van der Waals surface area contributed by atoms with Crippen LogP contribution in [0.15, 0.2) is 12.1 Å². The fourth-order valence-corrected chi connectivity index (χ4v) is 3.77. The Hall–Kier alpha value is -0.860. The zero-order valence-electron chi connectivity index (χ0n) is 12.6. The van der Waals surface area contributed by atoms with Crippen LogP contribution in [0.1, 0.15) is 66.8 Å². The maximum atomic E-state index is 5.85. The highest BCUT2D eigenvalue weighted by atomic mass is 15.2. The number of benzene rings is 1. The van der Waals surface area contributed by atoms with E-state index in [4.69, 9.17) is 5.84 Å². The second-order valence-corrected chi connectivity index (χ2v) is 6.27. The molecule has 1 aromatic carbocycles. The lowest BCUT2D eigenvalue weighted by molar-refractivity contribution is 0.300. The normalized spacial score (nSPS) is 18.5. The summed E-state index contributed by atoms with van der Waals surface area (Å²) >= 11 is 0. The van der Waals surface area contributed by atoms with Crippen molar-refractivity contribution >= 4 is 0 Å². The summed E-state index contributed by atoms with van der Waals surface area (Å²) in [7, 11) is 0. The van der Waals surface area contributed by atoms with Crippen LogP contribution in [0.3, 0.4) is 0 Å². The minimum absolute atomic E-state index is 0.309. The van der Waals surface area contributed by atoms with Crippen molar-refractivity contribution in [2.45, 2.75) is 65.3 Å². The molecule has 0 amide bonds. The molecule has 106 valence electrons. The standard InChI is InChI=1S/C17H28N2/c1-12-9-13(2)17(14(3)10-12)16(19-18)11-15-7-5-4-6-8-15/h9-10,15-16,19H,4-8,11,18H2,1-3H3. The predicted molar refractivity (Wildman–Crippen MR) is 81.9 cm³/mol. The lowest BCUT2D eigenvalue weighted by atomic mass is 9.82. The Morgan fingerprint density at radius 2 is 1.68 bits per heavy atom. The number of aryl methyl sites for hydroxylation is 3. The van der Waals surface area contributed by atoms with Crippen LogP contribution in [-0.2, 0) is 0 Å². The van der Waals surface area contributed by atoms with Crippen molar-refractivity contribution in [3.63, 3.8) is 0 Å². The van der Waals surface area contributed by atoms with E-state index < -0.39 is 0 Å². The van der Waals surface area contributed by atoms with E-state index >= 15 is 0 Å². The maximum absolute atomic E-state index is 5.85. The van der Waals surface area contributed by atoms with Gasteiger partial charge in [0.05, 0.1) is 0 Å². The van der Waals surface area contributed by atoms with Gasteiger partial charge in [0.2, 0.25) is 0 Å². The molecule has 0 radical (unpaired) electrons. The van der Waals surface area contributed by atoms with Crippen LogP contribution in [0, 0.1) is 26.7 Å². The van der Waals surface area contributed by atoms with Crippen LogP contribution in [0.4, 0.5) is 0 Å². The fraction of sp³-hybridized carbons (Fsp3) is 0.647. The topological polar surface area (TPSA) is 38.0 Å². The summed E-state index contributed by atoms with van der Waals surface area (Å²) in [6, 6.07) is 4.85. The van der Waals surface area contributed by atoms with Gasteiger partial charge in [0.15, 0.2) is 0 Å². The van der Waals surface area contributed by atoms with E-state index in [1.54, 1.807) is 0 Å². The molecule has 2 nitrogen and oxygen atoms in total. The van der Waals surface area contributed by atoms with E-state index in [-0.39, 0.29) is 0 Å². The SMILES string of the molecule is Cc1cc(C)c(C(CC2CCCCC2)NN)c(C)c1. The van der Waals surface area contributed by atoms with Gasteiger partial charge in [0, 0.05) is 6.04 Å². The fourth-order valence-electron chi connectivity index (χ4n) is 3.77. The molecule has 0 bridgehead atoms. The third-order valence-electron chi connectivity index (χ3n) is 4.58. The van der Waals surface area contributed by atoms with Crippen LogP contribution in [0.5, 0.6) is 0 Å². The molecule has 1 aromatic rings. The van der Waals surface area contributed by atoms with Gasteiger partial charge in [-0.15, -0.1) is 0 Å². The molecule has 3 N–H and O–H groups in total. The summed E-state index contributed by atoms with van der Waals surface area (Å²) in [5.41, 5.74) is 8.57. The van der Waals surface area contributed by atoms with E-state index in [0.29, 0.717) is 6.04 Å². The molecule has 1 unspecified atom stereocenters. The lowest BCUT2D eigenvalue weighted by Crippen LogP contribution is -2.31. The first-order chi connectivity index (χ1) is 9.11. The quantitative estimate of drug-likeness (QED) is 0.632. The largest absolute Gasteiger partial charge is 0.271 e. The van der Waals surface area contributed by atoms with E-state index in [9.17, 15) is 0 Å². The van der Waals surface area contributed by atoms with Gasteiger partial charge >= 0.3 is 0 Å². The van der Waals surface area contributed by atoms with Gasteiger partial charge in [-0.3, -0.25) is 11.3 Å². The Bertz CT molecular complexity index is 396. The zero-order valence-corrected chi connectivity index (χ0v) is 12.6. The molecule has 0 aliphatic heterocycles. The minimum atomic E-state index is 0.309. The molecule has 19 heavy (non-hydrogen) atoms. The summed E-state index contributed by atoms with van der Waals surface area (Å²) in [6.45, 7) is 6.58. The number of nitrogens with one attached hydrogen (secondary N) is 1. The molecule has 1 aliphatic rings. The van der Waals surface area contributed by atoms with Crippen molar-refractivity contribution in [2.75, 3.05) is 0 Å². The first-order valence-electron chi connectivity index (χ1n) is 7.65. The molecular formula is C17H28N2. The molecule has 1 atom stereocenters. The number of rotatable bonds is 4. The number of hydrazine groups is 1. The van der Waals surface area contributed by atoms with E-state index in [2.05, 4.69) is 38.3 Å². The van der Waals surface area contributed by atoms with Gasteiger partial charge in [0.25, 0.3) is 0 Å². The monoisotopic (exact) mass is 260 g/mol. The highest BCUT2D eigenvalue weighted by molar-refractivity contribution is 5.39. The summed E-state index contributed by atoms with van der Waals surface area (Å²) in [4.78, 5) is 0. The Balaban J connectivity index is 2.16. The average molecular weight is 260 g/mol. The van der Waals surface area contributed by atoms with Crippen LogP contribution >= 0.6 is 0 Å². The summed E-state index contributed by atoms with van der Waals surface area (Å²) in [6.07, 6.45) is 8.15. The average Bonchev–Trinajstić information content (AvgIpc) is 2.37. The van der Waals surface area contributed by atoms with Gasteiger partial charge < -0.3 is 0 Å². The second-order valence-electron chi connectivity index (χ2n) is 6.27. The van der Waals surface area contributed by atoms with Gasteiger partial charge in [-0.1, -0.05) is 49.8 Å². The molecule has 2 heteroatoms. The van der Waals surface area contributed by atoms with Crippen molar-refractivity contribution in [3.8, 4) is 0 Å². The maximum Gasteiger partial charge on any atom is 0.0467 e. The smallest absolute Gasteiger partial charge is 0.0467 e. The van der Waals surface area contributed by atoms with Crippen LogP contribution in [-0.4, -0.2) is 0 Å². The van der Waals surface area contributed by atoms with Crippen LogP contribution in [0.2, 0.25) is 0 Å². The van der Waals surface area contributed by atoms with Gasteiger partial charge in [-0.2, -0.15) is 0 Å². The number of nitrogens with two attached hydrogens (primary N) is 1. The van der Waals surface area contributed by atoms with Gasteiger partial charge in [-0.05, 0) is 49.8 Å². The number of hydrogen-bond donors (Lipinski definition) is 2. The Morgan fingerprint density at radius 3 is 2.21 bits per heavy atom. The third kappa shape index (κ3) is 3.58. The summed E-state index contributed by atoms with van der Waals surface area (Å²) in [5.74, 6) is 6.69. The van der Waals surface area contributed by atoms with Gasteiger partial charge in [-0.25, -0.2) is 0 Å². The molecular weight excluding hydrogens is 232 g/mol. The second kappa shape index (κ2) is 6.53. The minimum Gasteiger partial charge on any atom is -0.271 e. The lowest BCUT2D eigenvalue weighted by Gasteiger charge is -2.28. The molecule has 0 heterocycles. The summed E-state index contributed by atoms with van der Waals surface area (Å²) in [5, 5.41) is 0. The molecule has 1 saturated carbocycles.